The molecule has 1 N–H and O–H groups in total. The number of hydrogen-bond acceptors (Lipinski definition) is 4. The molecule has 1 aliphatic heterocycles. The van der Waals surface area contributed by atoms with E-state index in [0.29, 0.717) is 12.8 Å². The number of aryl methyl sites for hydroxylation is 1. The van der Waals surface area contributed by atoms with Crippen LogP contribution in [0.15, 0.2) is 24.3 Å². The van der Waals surface area contributed by atoms with Crippen molar-refractivity contribution in [3.05, 3.63) is 29.8 Å². The predicted octanol–water partition coefficient (Wildman–Crippen LogP) is 2.89. The summed E-state index contributed by atoms with van der Waals surface area (Å²) in [4.78, 5) is 15.0. The van der Waals surface area contributed by atoms with E-state index in [2.05, 4.69) is 10.2 Å². The van der Waals surface area contributed by atoms with E-state index in [1.807, 2.05) is 31.2 Å². The van der Waals surface area contributed by atoms with Gasteiger partial charge in [-0.3, -0.25) is 0 Å². The van der Waals surface area contributed by atoms with Crippen LogP contribution < -0.4 is 5.32 Å². The summed E-state index contributed by atoms with van der Waals surface area (Å²) >= 11 is 0. The Bertz CT molecular complexity index is 480. The number of carbonyl (C=O) groups excluding carboxylic acids is 1. The lowest BCUT2D eigenvalue weighted by atomic mass is 10.1. The summed E-state index contributed by atoms with van der Waals surface area (Å²) in [6.45, 7) is 2.56. The molecule has 0 unspecified atom stereocenters. The number of nitrogens with zero attached hydrogens (tertiary/aromatic N) is 1. The zero-order valence-electron chi connectivity index (χ0n) is 11.6. The van der Waals surface area contributed by atoms with Gasteiger partial charge in [-0.1, -0.05) is 17.7 Å². The van der Waals surface area contributed by atoms with E-state index in [0.717, 1.165) is 16.3 Å². The number of halogens is 3. The summed E-state index contributed by atoms with van der Waals surface area (Å²) < 4.78 is 36.3. The summed E-state index contributed by atoms with van der Waals surface area (Å²) in [5.74, 6) is -2.16. The first-order valence-electron chi connectivity index (χ1n) is 6.72. The molecule has 1 aromatic rings. The predicted molar refractivity (Wildman–Crippen MR) is 71.5 cm³/mol. The summed E-state index contributed by atoms with van der Waals surface area (Å²) in [5.41, 5.74) is 2.14. The number of piperidine rings is 1. The second-order valence-corrected chi connectivity index (χ2v) is 5.09. The lowest BCUT2D eigenvalue weighted by Gasteiger charge is -2.31. The largest absolute Gasteiger partial charge is 0.492 e. The van der Waals surface area contributed by atoms with E-state index in [1.54, 1.807) is 0 Å². The Morgan fingerprint density at radius 1 is 1.24 bits per heavy atom. The number of nitrogens with one attached hydrogen (secondary N) is 1. The van der Waals surface area contributed by atoms with Gasteiger partial charge in [0, 0.05) is 24.8 Å². The molecular formula is C14H17F3N2O2. The lowest BCUT2D eigenvalue weighted by molar-refractivity contribution is -0.241. The third-order valence-electron chi connectivity index (χ3n) is 3.32. The van der Waals surface area contributed by atoms with Gasteiger partial charge < -0.3 is 10.2 Å². The molecule has 0 bridgehead atoms. The second kappa shape index (κ2) is 6.34. The molecule has 116 valence electrons. The first-order valence-corrected chi connectivity index (χ1v) is 6.72. The van der Waals surface area contributed by atoms with Crippen molar-refractivity contribution in [1.82, 2.24) is 5.06 Å². The van der Waals surface area contributed by atoms with Crippen molar-refractivity contribution >= 4 is 11.7 Å². The SMILES string of the molecule is Cc1ccc(NC2CCN(OC(=O)C(F)(F)F)CC2)cc1. The smallest absolute Gasteiger partial charge is 0.382 e. The molecule has 0 amide bonds. The molecule has 1 saturated heterocycles. The van der Waals surface area contributed by atoms with Crippen LogP contribution >= 0.6 is 0 Å². The minimum absolute atomic E-state index is 0.161. The van der Waals surface area contributed by atoms with Gasteiger partial charge >= 0.3 is 12.1 Å². The van der Waals surface area contributed by atoms with Crippen LogP contribution in [-0.2, 0) is 9.63 Å². The van der Waals surface area contributed by atoms with Gasteiger partial charge in [0.15, 0.2) is 0 Å². The van der Waals surface area contributed by atoms with Gasteiger partial charge in [0.25, 0.3) is 0 Å². The van der Waals surface area contributed by atoms with E-state index in [-0.39, 0.29) is 19.1 Å². The maximum Gasteiger partial charge on any atom is 0.492 e. The van der Waals surface area contributed by atoms with Gasteiger partial charge in [-0.2, -0.15) is 13.2 Å². The van der Waals surface area contributed by atoms with Crippen LogP contribution in [0.5, 0.6) is 0 Å². The monoisotopic (exact) mass is 302 g/mol. The Labute approximate surface area is 120 Å². The number of hydrogen-bond donors (Lipinski definition) is 1. The van der Waals surface area contributed by atoms with E-state index < -0.39 is 12.1 Å². The molecule has 1 aliphatic rings. The molecule has 1 heterocycles. The van der Waals surface area contributed by atoms with Crippen LogP contribution in [0.3, 0.4) is 0 Å². The fourth-order valence-electron chi connectivity index (χ4n) is 2.15. The summed E-state index contributed by atoms with van der Waals surface area (Å²) in [5, 5.41) is 4.40. The third-order valence-corrected chi connectivity index (χ3v) is 3.32. The Morgan fingerprint density at radius 2 is 1.81 bits per heavy atom. The quantitative estimate of drug-likeness (QED) is 0.932. The zero-order chi connectivity index (χ0) is 15.5. The average Bonchev–Trinajstić information content (AvgIpc) is 2.42. The highest BCUT2D eigenvalue weighted by atomic mass is 19.4. The topological polar surface area (TPSA) is 41.6 Å². The number of rotatable bonds is 3. The van der Waals surface area contributed by atoms with Crippen molar-refractivity contribution < 1.29 is 22.8 Å². The molecule has 0 spiro atoms. The molecule has 2 rings (SSSR count). The fourth-order valence-corrected chi connectivity index (χ4v) is 2.15. The van der Waals surface area contributed by atoms with Crippen LogP contribution in [-0.4, -0.2) is 36.3 Å². The molecule has 0 aliphatic carbocycles. The Hall–Kier alpha value is -1.76. The van der Waals surface area contributed by atoms with E-state index in [1.165, 1.54) is 0 Å². The standard InChI is InChI=1S/C14H17F3N2O2/c1-10-2-4-11(5-3-10)18-12-6-8-19(9-7-12)21-13(20)14(15,16)17/h2-5,12,18H,6-9H2,1H3. The van der Waals surface area contributed by atoms with Crippen molar-refractivity contribution in [3.63, 3.8) is 0 Å². The molecule has 0 radical (unpaired) electrons. The first kappa shape index (κ1) is 15.6. The zero-order valence-corrected chi connectivity index (χ0v) is 11.6. The molecule has 0 saturated carbocycles. The normalized spacial score (nSPS) is 17.5. The maximum absolute atomic E-state index is 12.1. The summed E-state index contributed by atoms with van der Waals surface area (Å²) in [6, 6.07) is 8.07. The summed E-state index contributed by atoms with van der Waals surface area (Å²) in [6.07, 6.45) is -3.73. The van der Waals surface area contributed by atoms with Crippen LogP contribution in [0.25, 0.3) is 0 Å². The van der Waals surface area contributed by atoms with Crippen molar-refractivity contribution in [2.45, 2.75) is 32.0 Å². The molecule has 4 nitrogen and oxygen atoms in total. The highest BCUT2D eigenvalue weighted by molar-refractivity contribution is 5.75. The number of hydroxylamine groups is 2. The van der Waals surface area contributed by atoms with E-state index >= 15 is 0 Å². The first-order chi connectivity index (χ1) is 9.84. The number of alkyl halides is 3. The second-order valence-electron chi connectivity index (χ2n) is 5.09. The van der Waals surface area contributed by atoms with Gasteiger partial charge in [0.1, 0.15) is 0 Å². The Balaban J connectivity index is 1.78. The number of carbonyl (C=O) groups is 1. The van der Waals surface area contributed by atoms with Crippen molar-refractivity contribution in [2.75, 3.05) is 18.4 Å². The van der Waals surface area contributed by atoms with E-state index in [4.69, 9.17) is 0 Å². The van der Waals surface area contributed by atoms with Crippen molar-refractivity contribution in [1.29, 1.82) is 0 Å². The van der Waals surface area contributed by atoms with Gasteiger partial charge in [0.2, 0.25) is 0 Å². The van der Waals surface area contributed by atoms with Crippen LogP contribution in [0.2, 0.25) is 0 Å². The molecule has 0 atom stereocenters. The highest BCUT2D eigenvalue weighted by Gasteiger charge is 2.42. The highest BCUT2D eigenvalue weighted by Crippen LogP contribution is 2.21. The number of anilines is 1. The van der Waals surface area contributed by atoms with Crippen LogP contribution in [0, 0.1) is 6.92 Å². The Kier molecular flexibility index (Phi) is 4.72. The van der Waals surface area contributed by atoms with Gasteiger partial charge in [0.05, 0.1) is 0 Å². The molecule has 1 aromatic carbocycles. The Morgan fingerprint density at radius 3 is 2.33 bits per heavy atom. The lowest BCUT2D eigenvalue weighted by Crippen LogP contribution is -2.42. The van der Waals surface area contributed by atoms with Crippen LogP contribution in [0.1, 0.15) is 18.4 Å². The third kappa shape index (κ3) is 4.63. The maximum atomic E-state index is 12.1. The molecule has 21 heavy (non-hydrogen) atoms. The molecule has 0 aromatic heterocycles. The van der Waals surface area contributed by atoms with Crippen molar-refractivity contribution in [2.24, 2.45) is 0 Å². The minimum Gasteiger partial charge on any atom is -0.382 e. The van der Waals surface area contributed by atoms with Gasteiger partial charge in [-0.15, -0.1) is 5.06 Å². The average molecular weight is 302 g/mol. The van der Waals surface area contributed by atoms with Crippen molar-refractivity contribution in [3.8, 4) is 0 Å². The van der Waals surface area contributed by atoms with Crippen LogP contribution in [0.4, 0.5) is 18.9 Å². The molecule has 7 heteroatoms. The van der Waals surface area contributed by atoms with Gasteiger partial charge in [-0.25, -0.2) is 4.79 Å². The molecular weight excluding hydrogens is 285 g/mol. The number of benzene rings is 1. The van der Waals surface area contributed by atoms with E-state index in [9.17, 15) is 18.0 Å². The minimum atomic E-state index is -4.95. The van der Waals surface area contributed by atoms with Gasteiger partial charge in [-0.05, 0) is 31.9 Å². The fraction of sp³-hybridized carbons (Fsp3) is 0.500. The molecule has 1 fully saturated rings. The summed E-state index contributed by atoms with van der Waals surface area (Å²) in [7, 11) is 0.